The average molecular weight is 1020 g/mol. The van der Waals surface area contributed by atoms with E-state index in [9.17, 15) is 0 Å². The van der Waals surface area contributed by atoms with Crippen LogP contribution < -0.4 is 33.7 Å². The van der Waals surface area contributed by atoms with Gasteiger partial charge in [0.1, 0.15) is 5.69 Å². The summed E-state index contributed by atoms with van der Waals surface area (Å²) >= 11 is 0. The highest BCUT2D eigenvalue weighted by Crippen LogP contribution is 2.33. The first-order valence-electron chi connectivity index (χ1n) is 25.6. The third-order valence-corrected chi connectivity index (χ3v) is 13.6. The lowest BCUT2D eigenvalue weighted by Gasteiger charge is -2.15. The second-order valence-corrected chi connectivity index (χ2v) is 19.0. The maximum Gasteiger partial charge on any atom is 0.273 e. The summed E-state index contributed by atoms with van der Waals surface area (Å²) < 4.78 is 0. The van der Waals surface area contributed by atoms with Crippen LogP contribution in [-0.2, 0) is 0 Å². The Kier molecular flexibility index (Phi) is 15.5. The van der Waals surface area contributed by atoms with E-state index in [1.807, 2.05) is 48.5 Å². The summed E-state index contributed by atoms with van der Waals surface area (Å²) in [5.41, 5.74) is 22.1. The largest absolute Gasteiger partial charge is 1.00 e. The first-order valence-corrected chi connectivity index (χ1v) is 25.6. The Bertz CT molecular complexity index is 3450. The van der Waals surface area contributed by atoms with Crippen molar-refractivity contribution >= 4 is 68.1 Å². The van der Waals surface area contributed by atoms with Gasteiger partial charge in [-0.3, -0.25) is 5.32 Å². The normalized spacial score (nSPS) is 10.8. The average Bonchev–Trinajstić information content (AvgIpc) is 3.47. The highest BCUT2D eigenvalue weighted by Gasteiger charge is 2.16. The molecule has 0 atom stereocenters. The van der Waals surface area contributed by atoms with Crippen LogP contribution in [0.2, 0.25) is 0 Å². The molecule has 2 aromatic heterocycles. The van der Waals surface area contributed by atoms with Crippen LogP contribution in [-0.4, -0.2) is 19.9 Å². The lowest BCUT2D eigenvalue weighted by Crippen LogP contribution is -3.00. The second-order valence-electron chi connectivity index (χ2n) is 19.0. The van der Waals surface area contributed by atoms with E-state index in [1.165, 1.54) is 66.8 Å². The Hall–Kier alpha value is -9.47. The Labute approximate surface area is 456 Å². The van der Waals surface area contributed by atoms with Gasteiger partial charge >= 0.3 is 0 Å². The van der Waals surface area contributed by atoms with E-state index < -0.39 is 0 Å². The second kappa shape index (κ2) is 23.4. The van der Waals surface area contributed by atoms with Crippen LogP contribution in [0.4, 0.5) is 46.0 Å². The molecule has 12 rings (SSSR count). The number of halogens is 1. The molecule has 0 aliphatic carbocycles. The number of hydrogen-bond acceptors (Lipinski definition) is 7. The van der Waals surface area contributed by atoms with Gasteiger partial charge in [0.05, 0.1) is 22.1 Å². The summed E-state index contributed by atoms with van der Waals surface area (Å²) in [4.78, 5) is 19.7. The summed E-state index contributed by atoms with van der Waals surface area (Å²) in [6, 6.07) is 83.6. The molecule has 0 bridgehead atoms. The van der Waals surface area contributed by atoms with Crippen molar-refractivity contribution in [2.24, 2.45) is 0 Å². The molecule has 9 heteroatoms. The number of benzene rings is 10. The van der Waals surface area contributed by atoms with Crippen molar-refractivity contribution in [3.05, 3.63) is 265 Å². The molecule has 77 heavy (non-hydrogen) atoms. The van der Waals surface area contributed by atoms with Crippen molar-refractivity contribution in [1.82, 2.24) is 19.9 Å². The number of anilines is 6. The van der Waals surface area contributed by atoms with Gasteiger partial charge in [-0.1, -0.05) is 158 Å². The molecule has 12 aromatic rings. The number of nitrogens with zero attached hydrogens (tertiary/aromatic N) is 4. The molecule has 2 heterocycles. The molecule has 10 aromatic carbocycles. The number of aromatic nitrogens is 4. The lowest BCUT2D eigenvalue weighted by atomic mass is 10.0. The Morgan fingerprint density at radius 2 is 0.532 bits per heavy atom. The van der Waals surface area contributed by atoms with Crippen LogP contribution in [0, 0.1) is 27.7 Å². The molecule has 0 saturated carbocycles. The van der Waals surface area contributed by atoms with Gasteiger partial charge in [-0.25, -0.2) is 15.0 Å². The molecule has 0 amide bonds. The zero-order chi connectivity index (χ0) is 51.8. The van der Waals surface area contributed by atoms with Crippen LogP contribution in [0.3, 0.4) is 0 Å². The van der Waals surface area contributed by atoms with E-state index >= 15 is 0 Å². The van der Waals surface area contributed by atoms with Crippen LogP contribution in [0.5, 0.6) is 0 Å². The van der Waals surface area contributed by atoms with Crippen molar-refractivity contribution < 1.29 is 17.7 Å². The summed E-state index contributed by atoms with van der Waals surface area (Å²) in [6.07, 6.45) is 0. The van der Waals surface area contributed by atoms with E-state index in [0.29, 0.717) is 11.6 Å². The standard InChI is InChI=1S/2C34H28N4.ClH/c2*1-23-9-3-5-11-29(23)25-15-19-27(20-16-25)35-33-34(38-32-14-8-7-13-31(32)37-33)36-28-21-17-26(18-22-28)30-12-6-4-10-24(30)2;/h2*3-22H,1-2H3,(H,35,37)(H,36,38);1H. The lowest BCUT2D eigenvalue weighted by molar-refractivity contribution is -0.482. The number of para-hydroxylation sites is 4. The van der Waals surface area contributed by atoms with Crippen LogP contribution in [0.1, 0.15) is 22.3 Å². The summed E-state index contributed by atoms with van der Waals surface area (Å²) in [7, 11) is 0. The quantitative estimate of drug-likeness (QED) is 0.0904. The Balaban J connectivity index is 0.000000172. The molecule has 0 aliphatic rings. The van der Waals surface area contributed by atoms with E-state index in [-0.39, 0.29) is 12.4 Å². The molecule has 8 nitrogen and oxygen atoms in total. The maximum atomic E-state index is 4.96. The fraction of sp³-hybridized carbons (Fsp3) is 0.0588. The van der Waals surface area contributed by atoms with E-state index in [0.717, 1.165) is 56.5 Å². The highest BCUT2D eigenvalue weighted by molar-refractivity contribution is 5.85. The maximum absolute atomic E-state index is 4.96. The third-order valence-electron chi connectivity index (χ3n) is 13.6. The number of nitrogens with one attached hydrogen (secondary N) is 3. The number of aryl methyl sites for hydroxylation is 4. The van der Waals surface area contributed by atoms with Gasteiger partial charge in [-0.2, -0.15) is 4.98 Å². The minimum atomic E-state index is 0. The van der Waals surface area contributed by atoms with Crippen LogP contribution in [0.25, 0.3) is 66.6 Å². The van der Waals surface area contributed by atoms with Crippen molar-refractivity contribution in [2.75, 3.05) is 16.0 Å². The molecule has 0 aliphatic heterocycles. The molecule has 0 spiro atoms. The molecule has 376 valence electrons. The molecule has 5 N–H and O–H groups in total. The first-order chi connectivity index (χ1) is 37.3. The Morgan fingerprint density at radius 1 is 0.273 bits per heavy atom. The zero-order valence-electron chi connectivity index (χ0n) is 43.3. The van der Waals surface area contributed by atoms with Gasteiger partial charge in [0.2, 0.25) is 5.82 Å². The minimum absolute atomic E-state index is 0. The van der Waals surface area contributed by atoms with Crippen LogP contribution in [0.15, 0.2) is 243 Å². The monoisotopic (exact) mass is 1020 g/mol. The fourth-order valence-corrected chi connectivity index (χ4v) is 9.49. The van der Waals surface area contributed by atoms with Gasteiger partial charge < -0.3 is 28.4 Å². The van der Waals surface area contributed by atoms with Crippen LogP contribution >= 0.6 is 0 Å². The van der Waals surface area contributed by atoms with E-state index in [4.69, 9.17) is 19.9 Å². The topological polar surface area (TPSA) is 104 Å². The van der Waals surface area contributed by atoms with Gasteiger partial charge in [0.25, 0.3) is 5.82 Å². The van der Waals surface area contributed by atoms with Crippen molar-refractivity contribution in [3.63, 3.8) is 0 Å². The summed E-state index contributed by atoms with van der Waals surface area (Å²) in [6.45, 7) is 8.56. The van der Waals surface area contributed by atoms with Crippen molar-refractivity contribution in [1.29, 1.82) is 0 Å². The molecular formula is C68H57ClN8. The molecule has 0 unspecified atom stereocenters. The SMILES string of the molecule is Cc1ccccc1-c1ccc(Nc2nc3ccccc3nc2Nc2ccc(-c3ccccc3C)cc2)cc1.Cc1ccccc1-c1ccc(Nc2nc3ccccc3nc2[NH2+]c2ccc(-c3ccccc3C)cc2)cc1.[Cl-]. The predicted molar refractivity (Wildman–Crippen MR) is 317 cm³/mol. The first kappa shape index (κ1) is 51.0. The molecule has 0 radical (unpaired) electrons. The minimum Gasteiger partial charge on any atom is -1.00 e. The molecule has 0 fully saturated rings. The van der Waals surface area contributed by atoms with Gasteiger partial charge in [0.15, 0.2) is 11.6 Å². The summed E-state index contributed by atoms with van der Waals surface area (Å²) in [5.74, 6) is 2.89. The van der Waals surface area contributed by atoms with Crippen molar-refractivity contribution in [2.45, 2.75) is 27.7 Å². The van der Waals surface area contributed by atoms with Crippen molar-refractivity contribution in [3.8, 4) is 44.5 Å². The number of rotatable bonds is 12. The van der Waals surface area contributed by atoms with E-state index in [1.54, 1.807) is 0 Å². The number of nitrogens with two attached hydrogens (primary N) is 1. The van der Waals surface area contributed by atoms with Gasteiger partial charge in [0, 0.05) is 29.2 Å². The smallest absolute Gasteiger partial charge is 0.273 e. The predicted octanol–water partition coefficient (Wildman–Crippen LogP) is 13.9. The van der Waals surface area contributed by atoms with Gasteiger partial charge in [-0.05, 0) is 167 Å². The van der Waals surface area contributed by atoms with Gasteiger partial charge in [-0.15, -0.1) is 0 Å². The number of fused-ring (bicyclic) bond motifs is 2. The van der Waals surface area contributed by atoms with E-state index in [2.05, 4.69) is 243 Å². The third kappa shape index (κ3) is 11.9. The zero-order valence-corrected chi connectivity index (χ0v) is 44.1. The summed E-state index contributed by atoms with van der Waals surface area (Å²) in [5, 5.41) is 12.6. The number of hydrogen-bond donors (Lipinski definition) is 4. The molecular weight excluding hydrogens is 964 g/mol. The highest BCUT2D eigenvalue weighted by atomic mass is 35.5. The fourth-order valence-electron chi connectivity index (χ4n) is 9.49. The molecule has 0 saturated heterocycles. The number of quaternary nitrogens is 1. The Morgan fingerprint density at radius 3 is 0.857 bits per heavy atom.